The monoisotopic (exact) mass is 255 g/mol. The Bertz CT molecular complexity index is 467. The summed E-state index contributed by atoms with van der Waals surface area (Å²) in [6.45, 7) is 0. The van der Waals surface area contributed by atoms with Gasteiger partial charge < -0.3 is 10.7 Å². The Morgan fingerprint density at radius 1 is 1.43 bits per heavy atom. The average Bonchev–Trinajstić information content (AvgIpc) is 2.56. The second-order valence-corrected chi connectivity index (χ2v) is 3.67. The molecule has 2 rings (SSSR count). The molecule has 0 saturated carbocycles. The number of aromatic amines is 1. The van der Waals surface area contributed by atoms with Gasteiger partial charge in [0.1, 0.15) is 17.5 Å². The fraction of sp³-hybridized carbons (Fsp3) is 0. The number of H-pyrrole nitrogens is 1. The smallest absolute Gasteiger partial charge is 0.140 e. The van der Waals surface area contributed by atoms with Gasteiger partial charge in [-0.2, -0.15) is 0 Å². The molecule has 0 spiro atoms. The maximum absolute atomic E-state index is 12.9. The van der Waals surface area contributed by atoms with Crippen LogP contribution in [0.3, 0.4) is 0 Å². The van der Waals surface area contributed by atoms with Crippen LogP contribution in [0.2, 0.25) is 0 Å². The number of anilines is 1. The Hall–Kier alpha value is -1.36. The molecule has 5 heteroatoms. The van der Waals surface area contributed by atoms with Gasteiger partial charge in [0.05, 0.1) is 6.20 Å². The van der Waals surface area contributed by atoms with Crippen molar-refractivity contribution in [3.8, 4) is 11.4 Å². The molecule has 0 unspecified atom stereocenters. The molecule has 0 aliphatic heterocycles. The molecule has 1 aromatic carbocycles. The summed E-state index contributed by atoms with van der Waals surface area (Å²) in [5.74, 6) is 0.697. The zero-order valence-corrected chi connectivity index (χ0v) is 8.68. The standard InChI is InChI=1S/C9H7BrFN3/c10-7-2-1-5(11)3-6(7)9-13-4-8(12)14-9/h1-4H,12H2,(H,13,14). The van der Waals surface area contributed by atoms with E-state index in [-0.39, 0.29) is 5.82 Å². The van der Waals surface area contributed by atoms with Crippen LogP contribution in [0.15, 0.2) is 28.9 Å². The molecule has 2 aromatic rings. The number of hydrogen-bond donors (Lipinski definition) is 2. The highest BCUT2D eigenvalue weighted by Gasteiger charge is 2.07. The number of rotatable bonds is 1. The molecular weight excluding hydrogens is 249 g/mol. The van der Waals surface area contributed by atoms with Gasteiger partial charge in [-0.1, -0.05) is 15.9 Å². The summed E-state index contributed by atoms with van der Waals surface area (Å²) < 4.78 is 13.7. The van der Waals surface area contributed by atoms with Crippen molar-refractivity contribution >= 4 is 21.7 Å². The van der Waals surface area contributed by atoms with Gasteiger partial charge in [-0.05, 0) is 18.2 Å². The minimum absolute atomic E-state index is 0.307. The molecule has 0 aliphatic carbocycles. The van der Waals surface area contributed by atoms with E-state index in [0.29, 0.717) is 17.2 Å². The lowest BCUT2D eigenvalue weighted by Crippen LogP contribution is -1.86. The lowest BCUT2D eigenvalue weighted by atomic mass is 10.2. The van der Waals surface area contributed by atoms with Gasteiger partial charge in [0.2, 0.25) is 0 Å². The third-order valence-corrected chi connectivity index (χ3v) is 2.47. The molecule has 1 heterocycles. The minimum atomic E-state index is -0.307. The van der Waals surface area contributed by atoms with Gasteiger partial charge in [0.15, 0.2) is 0 Å². The van der Waals surface area contributed by atoms with Gasteiger partial charge in [0, 0.05) is 10.0 Å². The molecule has 3 nitrogen and oxygen atoms in total. The first kappa shape index (κ1) is 9.21. The topological polar surface area (TPSA) is 54.7 Å². The SMILES string of the molecule is Nc1cnc(-c2cc(F)ccc2Br)[nH]1. The van der Waals surface area contributed by atoms with Crippen LogP contribution in [0.5, 0.6) is 0 Å². The quantitative estimate of drug-likeness (QED) is 0.823. The number of imidazole rings is 1. The van der Waals surface area contributed by atoms with Gasteiger partial charge in [0.25, 0.3) is 0 Å². The van der Waals surface area contributed by atoms with E-state index in [1.54, 1.807) is 6.07 Å². The molecule has 1 aromatic heterocycles. The second kappa shape index (κ2) is 3.42. The molecule has 14 heavy (non-hydrogen) atoms. The normalized spacial score (nSPS) is 10.4. The van der Waals surface area contributed by atoms with Crippen molar-refractivity contribution in [3.63, 3.8) is 0 Å². The number of benzene rings is 1. The van der Waals surface area contributed by atoms with Crippen LogP contribution < -0.4 is 5.73 Å². The summed E-state index contributed by atoms with van der Waals surface area (Å²) in [6, 6.07) is 4.39. The first-order valence-electron chi connectivity index (χ1n) is 3.93. The van der Waals surface area contributed by atoms with E-state index in [2.05, 4.69) is 25.9 Å². The van der Waals surface area contributed by atoms with E-state index >= 15 is 0 Å². The lowest BCUT2D eigenvalue weighted by molar-refractivity contribution is 0.628. The Morgan fingerprint density at radius 3 is 2.86 bits per heavy atom. The number of aromatic nitrogens is 2. The van der Waals surface area contributed by atoms with Crippen LogP contribution in [0, 0.1) is 5.82 Å². The number of halogens is 2. The Labute approximate surface area is 88.3 Å². The average molecular weight is 256 g/mol. The van der Waals surface area contributed by atoms with Crippen LogP contribution in [-0.2, 0) is 0 Å². The van der Waals surface area contributed by atoms with Gasteiger partial charge in [-0.15, -0.1) is 0 Å². The van der Waals surface area contributed by atoms with E-state index in [9.17, 15) is 4.39 Å². The summed E-state index contributed by atoms with van der Waals surface area (Å²) in [4.78, 5) is 6.84. The van der Waals surface area contributed by atoms with E-state index < -0.39 is 0 Å². The number of nitrogens with zero attached hydrogens (tertiary/aromatic N) is 1. The fourth-order valence-corrected chi connectivity index (χ4v) is 1.59. The summed E-state index contributed by atoms with van der Waals surface area (Å²) in [6.07, 6.45) is 1.49. The molecule has 0 aliphatic rings. The summed E-state index contributed by atoms with van der Waals surface area (Å²) >= 11 is 3.31. The highest BCUT2D eigenvalue weighted by atomic mass is 79.9. The number of hydrogen-bond acceptors (Lipinski definition) is 2. The van der Waals surface area contributed by atoms with Gasteiger partial charge >= 0.3 is 0 Å². The first-order chi connectivity index (χ1) is 6.66. The van der Waals surface area contributed by atoms with E-state index in [0.717, 1.165) is 4.47 Å². The number of nitrogen functional groups attached to an aromatic ring is 1. The van der Waals surface area contributed by atoms with Crippen LogP contribution in [0.1, 0.15) is 0 Å². The van der Waals surface area contributed by atoms with Crippen LogP contribution in [-0.4, -0.2) is 9.97 Å². The predicted octanol–water partition coefficient (Wildman–Crippen LogP) is 2.56. The molecule has 72 valence electrons. The van der Waals surface area contributed by atoms with Crippen molar-refractivity contribution in [2.75, 3.05) is 5.73 Å². The Kier molecular flexibility index (Phi) is 2.25. The number of nitrogens with one attached hydrogen (secondary N) is 1. The molecule has 0 bridgehead atoms. The molecular formula is C9H7BrFN3. The van der Waals surface area contributed by atoms with Crippen molar-refractivity contribution < 1.29 is 4.39 Å². The van der Waals surface area contributed by atoms with Crippen LogP contribution in [0.25, 0.3) is 11.4 Å². The van der Waals surface area contributed by atoms with E-state index in [4.69, 9.17) is 5.73 Å². The number of nitrogens with two attached hydrogens (primary N) is 1. The van der Waals surface area contributed by atoms with Crippen molar-refractivity contribution in [2.24, 2.45) is 0 Å². The lowest BCUT2D eigenvalue weighted by Gasteiger charge is -2.00. The molecule has 0 radical (unpaired) electrons. The molecule has 0 saturated heterocycles. The van der Waals surface area contributed by atoms with Crippen LogP contribution in [0.4, 0.5) is 10.2 Å². The zero-order chi connectivity index (χ0) is 10.1. The molecule has 3 N–H and O–H groups in total. The second-order valence-electron chi connectivity index (χ2n) is 2.81. The summed E-state index contributed by atoms with van der Waals surface area (Å²) in [5.41, 5.74) is 6.13. The zero-order valence-electron chi connectivity index (χ0n) is 7.09. The van der Waals surface area contributed by atoms with Crippen molar-refractivity contribution in [1.29, 1.82) is 0 Å². The van der Waals surface area contributed by atoms with E-state index in [1.165, 1.54) is 18.3 Å². The fourth-order valence-electron chi connectivity index (χ4n) is 1.15. The maximum atomic E-state index is 12.9. The van der Waals surface area contributed by atoms with Crippen molar-refractivity contribution in [3.05, 3.63) is 34.7 Å². The largest absolute Gasteiger partial charge is 0.384 e. The molecule has 0 fully saturated rings. The highest BCUT2D eigenvalue weighted by Crippen LogP contribution is 2.26. The van der Waals surface area contributed by atoms with Crippen molar-refractivity contribution in [1.82, 2.24) is 9.97 Å². The van der Waals surface area contributed by atoms with E-state index in [1.807, 2.05) is 0 Å². The molecule has 0 amide bonds. The van der Waals surface area contributed by atoms with Crippen molar-refractivity contribution in [2.45, 2.75) is 0 Å². The Morgan fingerprint density at radius 2 is 2.21 bits per heavy atom. The Balaban J connectivity index is 2.55. The summed E-state index contributed by atoms with van der Waals surface area (Å²) in [5, 5.41) is 0. The summed E-state index contributed by atoms with van der Waals surface area (Å²) in [7, 11) is 0. The highest BCUT2D eigenvalue weighted by molar-refractivity contribution is 9.10. The minimum Gasteiger partial charge on any atom is -0.384 e. The maximum Gasteiger partial charge on any atom is 0.140 e. The predicted molar refractivity (Wildman–Crippen MR) is 56.1 cm³/mol. The van der Waals surface area contributed by atoms with Crippen LogP contribution >= 0.6 is 15.9 Å². The van der Waals surface area contributed by atoms with Gasteiger partial charge in [-0.3, -0.25) is 0 Å². The third kappa shape index (κ3) is 1.63. The van der Waals surface area contributed by atoms with Gasteiger partial charge in [-0.25, -0.2) is 9.37 Å². The third-order valence-electron chi connectivity index (χ3n) is 1.78. The molecule has 0 atom stereocenters. The first-order valence-corrected chi connectivity index (χ1v) is 4.72.